The van der Waals surface area contributed by atoms with E-state index in [4.69, 9.17) is 32.7 Å². The highest BCUT2D eigenvalue weighted by atomic mass is 35.5. The van der Waals surface area contributed by atoms with Gasteiger partial charge in [0.25, 0.3) is 0 Å². The number of benzene rings is 1. The molecule has 2 aliphatic rings. The number of hydrogen-bond acceptors (Lipinski definition) is 4. The highest BCUT2D eigenvalue weighted by Crippen LogP contribution is 2.43. The lowest BCUT2D eigenvalue weighted by Crippen LogP contribution is -2.40. The lowest BCUT2D eigenvalue weighted by atomic mass is 9.91. The van der Waals surface area contributed by atoms with E-state index in [2.05, 4.69) is 19.2 Å². The number of hydrogen-bond donors (Lipinski definition) is 1. The molecule has 1 N–H and O–H groups in total. The topological polar surface area (TPSA) is 47.6 Å². The van der Waals surface area contributed by atoms with Crippen molar-refractivity contribution in [2.75, 3.05) is 7.11 Å². The van der Waals surface area contributed by atoms with Crippen LogP contribution in [-0.4, -0.2) is 25.3 Å². The van der Waals surface area contributed by atoms with Gasteiger partial charge in [0.1, 0.15) is 0 Å². The van der Waals surface area contributed by atoms with Crippen LogP contribution in [0.5, 0.6) is 0 Å². The van der Waals surface area contributed by atoms with Crippen LogP contribution in [-0.2, 0) is 20.8 Å². The first-order valence-electron chi connectivity index (χ1n) is 9.05. The molecule has 0 spiro atoms. The number of nitrogens with one attached hydrogen (secondary N) is 1. The SMILES string of the molecule is COC(=O)C1=C(NCc2ccc(Cl)cc2Cl)C[C@@H](C(C)C)O[C@H]1C1CC1. The Labute approximate surface area is 164 Å². The standard InChI is InChI=1S/C20H25Cl2NO3/c1-11(2)17-9-16(23-10-13-6-7-14(21)8-15(13)22)18(20(24)25-3)19(26-17)12-4-5-12/h6-8,11-12,17,19,23H,4-5,9-10H2,1-3H3/t17-,19-/m0/s1. The van der Waals surface area contributed by atoms with Gasteiger partial charge >= 0.3 is 5.97 Å². The zero-order valence-corrected chi connectivity index (χ0v) is 16.9. The van der Waals surface area contributed by atoms with E-state index < -0.39 is 0 Å². The average Bonchev–Trinajstić information content (AvgIpc) is 3.44. The van der Waals surface area contributed by atoms with Crippen molar-refractivity contribution in [1.82, 2.24) is 5.32 Å². The summed E-state index contributed by atoms with van der Waals surface area (Å²) < 4.78 is 11.3. The van der Waals surface area contributed by atoms with Crippen LogP contribution in [0.2, 0.25) is 10.0 Å². The molecule has 4 nitrogen and oxygen atoms in total. The fourth-order valence-electron chi connectivity index (χ4n) is 3.31. The lowest BCUT2D eigenvalue weighted by Gasteiger charge is -2.35. The quantitative estimate of drug-likeness (QED) is 0.704. The van der Waals surface area contributed by atoms with Crippen LogP contribution in [0.3, 0.4) is 0 Å². The summed E-state index contributed by atoms with van der Waals surface area (Å²) in [5.41, 5.74) is 2.48. The number of carbonyl (C=O) groups is 1. The monoisotopic (exact) mass is 397 g/mol. The van der Waals surface area contributed by atoms with E-state index in [9.17, 15) is 4.79 Å². The van der Waals surface area contributed by atoms with Crippen molar-refractivity contribution < 1.29 is 14.3 Å². The molecule has 6 heteroatoms. The maximum absolute atomic E-state index is 12.5. The Hall–Kier alpha value is -1.23. The smallest absolute Gasteiger partial charge is 0.338 e. The first-order valence-corrected chi connectivity index (χ1v) is 9.81. The molecule has 1 aromatic rings. The van der Waals surface area contributed by atoms with E-state index in [1.54, 1.807) is 6.07 Å². The van der Waals surface area contributed by atoms with Gasteiger partial charge in [0.05, 0.1) is 24.9 Å². The van der Waals surface area contributed by atoms with Crippen molar-refractivity contribution in [2.24, 2.45) is 11.8 Å². The molecule has 0 saturated heterocycles. The van der Waals surface area contributed by atoms with Gasteiger partial charge in [-0.15, -0.1) is 0 Å². The number of methoxy groups -OCH3 is 1. The second-order valence-electron chi connectivity index (χ2n) is 7.35. The summed E-state index contributed by atoms with van der Waals surface area (Å²) >= 11 is 12.3. The Balaban J connectivity index is 1.88. The maximum Gasteiger partial charge on any atom is 0.338 e. The number of halogens is 2. The van der Waals surface area contributed by atoms with Gasteiger partial charge in [-0.1, -0.05) is 43.1 Å². The third-order valence-corrected chi connectivity index (χ3v) is 5.63. The minimum atomic E-state index is -0.311. The first kappa shape index (κ1) is 19.5. The summed E-state index contributed by atoms with van der Waals surface area (Å²) in [7, 11) is 1.42. The predicted molar refractivity (Wildman–Crippen MR) is 103 cm³/mol. The Kier molecular flexibility index (Phi) is 6.16. The van der Waals surface area contributed by atoms with E-state index in [1.165, 1.54) is 7.11 Å². The Bertz CT molecular complexity index is 713. The highest BCUT2D eigenvalue weighted by molar-refractivity contribution is 6.35. The zero-order valence-electron chi connectivity index (χ0n) is 15.4. The highest BCUT2D eigenvalue weighted by Gasteiger charge is 2.44. The Morgan fingerprint density at radius 1 is 1.35 bits per heavy atom. The third kappa shape index (κ3) is 4.36. The van der Waals surface area contributed by atoms with Crippen molar-refractivity contribution in [2.45, 2.75) is 51.9 Å². The van der Waals surface area contributed by atoms with Gasteiger partial charge in [-0.3, -0.25) is 0 Å². The zero-order chi connectivity index (χ0) is 18.8. The molecule has 2 atom stereocenters. The van der Waals surface area contributed by atoms with Crippen LogP contribution < -0.4 is 5.32 Å². The summed E-state index contributed by atoms with van der Waals surface area (Å²) in [5.74, 6) is 0.460. The molecule has 0 bridgehead atoms. The molecular weight excluding hydrogens is 373 g/mol. The number of ether oxygens (including phenoxy) is 2. The molecule has 0 radical (unpaired) electrons. The molecule has 0 amide bonds. The molecule has 142 valence electrons. The van der Waals surface area contributed by atoms with Crippen LogP contribution in [0.1, 0.15) is 38.7 Å². The van der Waals surface area contributed by atoms with Crippen LogP contribution in [0.4, 0.5) is 0 Å². The summed E-state index contributed by atoms with van der Waals surface area (Å²) in [4.78, 5) is 12.5. The van der Waals surface area contributed by atoms with E-state index in [0.29, 0.717) is 40.4 Å². The van der Waals surface area contributed by atoms with E-state index in [1.807, 2.05) is 12.1 Å². The van der Waals surface area contributed by atoms with Crippen molar-refractivity contribution in [3.8, 4) is 0 Å². The van der Waals surface area contributed by atoms with Gasteiger partial charge in [0.15, 0.2) is 0 Å². The van der Waals surface area contributed by atoms with Crippen LogP contribution in [0.25, 0.3) is 0 Å². The molecule has 1 aliphatic carbocycles. The third-order valence-electron chi connectivity index (χ3n) is 5.04. The molecule has 0 unspecified atom stereocenters. The Morgan fingerprint density at radius 2 is 2.08 bits per heavy atom. The number of esters is 1. The van der Waals surface area contributed by atoms with Crippen molar-refractivity contribution >= 4 is 29.2 Å². The summed E-state index contributed by atoms with van der Waals surface area (Å²) in [6, 6.07) is 5.44. The second kappa shape index (κ2) is 8.20. The van der Waals surface area contributed by atoms with E-state index in [-0.39, 0.29) is 18.2 Å². The van der Waals surface area contributed by atoms with E-state index in [0.717, 1.165) is 24.1 Å². The molecule has 0 aromatic heterocycles. The molecule has 1 fully saturated rings. The number of rotatable bonds is 6. The fourth-order valence-corrected chi connectivity index (χ4v) is 3.78. The van der Waals surface area contributed by atoms with Gasteiger partial charge in [-0.2, -0.15) is 0 Å². The van der Waals surface area contributed by atoms with Gasteiger partial charge in [-0.25, -0.2) is 4.79 Å². The minimum Gasteiger partial charge on any atom is -0.466 e. The van der Waals surface area contributed by atoms with Crippen LogP contribution in [0.15, 0.2) is 29.5 Å². The normalized spacial score (nSPS) is 23.3. The lowest BCUT2D eigenvalue weighted by molar-refractivity contribution is -0.140. The molecule has 3 rings (SSSR count). The van der Waals surface area contributed by atoms with Gasteiger partial charge in [0, 0.05) is 28.7 Å². The predicted octanol–water partition coefficient (Wildman–Crippen LogP) is 4.73. The van der Waals surface area contributed by atoms with Crippen molar-refractivity contribution in [1.29, 1.82) is 0 Å². The molecule has 1 aliphatic heterocycles. The van der Waals surface area contributed by atoms with Crippen LogP contribution >= 0.6 is 23.2 Å². The molecule has 26 heavy (non-hydrogen) atoms. The molecule has 1 aromatic carbocycles. The molecular formula is C20H25Cl2NO3. The van der Waals surface area contributed by atoms with Gasteiger partial charge < -0.3 is 14.8 Å². The van der Waals surface area contributed by atoms with Gasteiger partial charge in [0.2, 0.25) is 0 Å². The van der Waals surface area contributed by atoms with Gasteiger partial charge in [-0.05, 0) is 42.4 Å². The maximum atomic E-state index is 12.5. The van der Waals surface area contributed by atoms with Crippen LogP contribution in [0, 0.1) is 11.8 Å². The van der Waals surface area contributed by atoms with E-state index >= 15 is 0 Å². The Morgan fingerprint density at radius 3 is 2.65 bits per heavy atom. The fraction of sp³-hybridized carbons (Fsp3) is 0.550. The first-order chi connectivity index (χ1) is 12.4. The molecule has 1 heterocycles. The number of carbonyl (C=O) groups excluding carboxylic acids is 1. The largest absolute Gasteiger partial charge is 0.466 e. The summed E-state index contributed by atoms with van der Waals surface area (Å²) in [6.45, 7) is 4.81. The van der Waals surface area contributed by atoms with Crippen molar-refractivity contribution in [3.05, 3.63) is 45.1 Å². The summed E-state index contributed by atoms with van der Waals surface area (Å²) in [5, 5.41) is 4.64. The average molecular weight is 398 g/mol. The molecule has 1 saturated carbocycles. The van der Waals surface area contributed by atoms with Crippen molar-refractivity contribution in [3.63, 3.8) is 0 Å². The minimum absolute atomic E-state index is 0.0807. The summed E-state index contributed by atoms with van der Waals surface area (Å²) in [6.07, 6.45) is 2.73. The second-order valence-corrected chi connectivity index (χ2v) is 8.20.